The first-order chi connectivity index (χ1) is 34.8. The maximum atomic E-state index is 2.44. The Hall–Kier alpha value is -7.16. The minimum atomic E-state index is -0.485. The Morgan fingerprint density at radius 3 is 1.03 bits per heavy atom. The van der Waals surface area contributed by atoms with E-state index in [1.165, 1.54) is 90.4 Å². The summed E-state index contributed by atoms with van der Waals surface area (Å²) in [5, 5.41) is 2.38. The summed E-state index contributed by atoms with van der Waals surface area (Å²) in [6.07, 6.45) is 3.49. The van der Waals surface area contributed by atoms with Gasteiger partial charge in [0, 0.05) is 34.1 Å². The normalized spacial score (nSPS) is 13.2. The molecule has 0 atom stereocenters. The zero-order valence-electron chi connectivity index (χ0n) is 45.5. The maximum absolute atomic E-state index is 2.44. The molecule has 0 spiro atoms. The minimum absolute atomic E-state index is 0.0376. The van der Waals surface area contributed by atoms with Gasteiger partial charge in [-0.25, -0.2) is 0 Å². The van der Waals surface area contributed by atoms with Crippen molar-refractivity contribution in [1.29, 1.82) is 0 Å². The SMILES string of the molecule is CCCCc1ccc(C2(c3ccc(N(c4ccc(C(C)(C)C)cc4)c4ccc5cc(N(c6ccc(C(C)(C)C)cc6)c6ccc(C(C)(C)C)cc6)ccc5c4)cc3)c3cc(C)ccc3-c3ccc(C)cc32)cc1. The lowest BCUT2D eigenvalue weighted by Crippen LogP contribution is -2.29. The fraction of sp³-hybridized carbons (Fsp3) is 0.268. The summed E-state index contributed by atoms with van der Waals surface area (Å²) in [6, 6.07) is 74.6. The van der Waals surface area contributed by atoms with Crippen LogP contribution in [0, 0.1) is 13.8 Å². The van der Waals surface area contributed by atoms with Gasteiger partial charge in [0.05, 0.1) is 5.41 Å². The molecule has 0 N–H and O–H groups in total. The van der Waals surface area contributed by atoms with Gasteiger partial charge in [0.25, 0.3) is 0 Å². The summed E-state index contributed by atoms with van der Waals surface area (Å²) in [4.78, 5) is 4.83. The largest absolute Gasteiger partial charge is 0.310 e. The molecule has 0 heterocycles. The van der Waals surface area contributed by atoms with Gasteiger partial charge in [-0.2, -0.15) is 0 Å². The zero-order chi connectivity index (χ0) is 51.5. The first-order valence-corrected chi connectivity index (χ1v) is 26.7. The molecule has 9 aromatic rings. The average Bonchev–Trinajstić information content (AvgIpc) is 3.65. The summed E-state index contributed by atoms with van der Waals surface area (Å²) >= 11 is 0. The Labute approximate surface area is 437 Å². The van der Waals surface area contributed by atoms with Crippen LogP contribution < -0.4 is 9.80 Å². The van der Waals surface area contributed by atoms with Crippen molar-refractivity contribution in [3.05, 3.63) is 250 Å². The van der Waals surface area contributed by atoms with Gasteiger partial charge >= 0.3 is 0 Å². The lowest BCUT2D eigenvalue weighted by molar-refractivity contribution is 0.590. The number of anilines is 6. The van der Waals surface area contributed by atoms with Crippen LogP contribution in [0.25, 0.3) is 21.9 Å². The van der Waals surface area contributed by atoms with E-state index < -0.39 is 5.41 Å². The molecule has 0 unspecified atom stereocenters. The van der Waals surface area contributed by atoms with E-state index in [1.807, 2.05) is 0 Å². The van der Waals surface area contributed by atoms with Crippen molar-refractivity contribution in [1.82, 2.24) is 0 Å². The molecule has 2 nitrogen and oxygen atoms in total. The second kappa shape index (κ2) is 19.0. The lowest BCUT2D eigenvalue weighted by atomic mass is 9.67. The quantitative estimate of drug-likeness (QED) is 0.127. The van der Waals surface area contributed by atoms with Crippen LogP contribution in [0.1, 0.15) is 138 Å². The third-order valence-electron chi connectivity index (χ3n) is 15.5. The van der Waals surface area contributed by atoms with E-state index in [0.717, 1.165) is 40.5 Å². The summed E-state index contributed by atoms with van der Waals surface area (Å²) in [5.41, 5.74) is 22.3. The van der Waals surface area contributed by atoms with Crippen molar-refractivity contribution in [3.8, 4) is 11.1 Å². The Morgan fingerprint density at radius 1 is 0.356 bits per heavy atom. The standard InChI is InChI=1S/C71H74N2/c1-13-14-15-50-18-22-56(23-19-50)71(66-44-48(2)16-42-64(66)65-43-17-49(3)45-67(65)71)57-30-40-61(41-31-57)73(60-38-28-55(29-39-60)70(10,11)12)63-33-21-51-46-62(32-20-52(51)47-63)72(58-34-24-53(25-35-58)68(4,5)6)59-36-26-54(27-37-59)69(7,8)9/h16-47H,13-15H2,1-12H3. The highest BCUT2D eigenvalue weighted by Gasteiger charge is 2.46. The molecule has 1 aliphatic carbocycles. The number of rotatable bonds is 11. The molecule has 0 aromatic heterocycles. The fourth-order valence-corrected chi connectivity index (χ4v) is 11.2. The van der Waals surface area contributed by atoms with E-state index in [9.17, 15) is 0 Å². The first-order valence-electron chi connectivity index (χ1n) is 26.7. The highest BCUT2D eigenvalue weighted by molar-refractivity contribution is 5.94. The van der Waals surface area contributed by atoms with Crippen LogP contribution in [0.2, 0.25) is 0 Å². The molecule has 0 fully saturated rings. The third-order valence-corrected chi connectivity index (χ3v) is 15.5. The predicted octanol–water partition coefficient (Wildman–Crippen LogP) is 20.0. The molecule has 10 rings (SSSR count). The first kappa shape index (κ1) is 49.4. The second-order valence-electron chi connectivity index (χ2n) is 24.0. The van der Waals surface area contributed by atoms with Crippen LogP contribution >= 0.6 is 0 Å². The number of fused-ring (bicyclic) bond motifs is 4. The van der Waals surface area contributed by atoms with E-state index >= 15 is 0 Å². The number of hydrogen-bond donors (Lipinski definition) is 0. The van der Waals surface area contributed by atoms with Crippen LogP contribution in [0.4, 0.5) is 34.1 Å². The number of aryl methyl sites for hydroxylation is 3. The molecule has 0 bridgehead atoms. The van der Waals surface area contributed by atoms with Crippen LogP contribution in [0.15, 0.2) is 194 Å². The third kappa shape index (κ3) is 9.42. The molecule has 368 valence electrons. The van der Waals surface area contributed by atoms with Gasteiger partial charge in [-0.1, -0.05) is 208 Å². The molecule has 0 saturated carbocycles. The smallest absolute Gasteiger partial charge is 0.0713 e. The maximum Gasteiger partial charge on any atom is 0.0713 e. The highest BCUT2D eigenvalue weighted by atomic mass is 15.1. The summed E-state index contributed by atoms with van der Waals surface area (Å²) in [7, 11) is 0. The molecule has 9 aromatic carbocycles. The van der Waals surface area contributed by atoms with Crippen molar-refractivity contribution in [2.75, 3.05) is 9.80 Å². The van der Waals surface area contributed by atoms with E-state index in [-0.39, 0.29) is 16.2 Å². The average molecular weight is 955 g/mol. The number of hydrogen-bond acceptors (Lipinski definition) is 2. The Morgan fingerprint density at radius 2 is 0.685 bits per heavy atom. The van der Waals surface area contributed by atoms with Crippen LogP contribution in [0.3, 0.4) is 0 Å². The molecule has 2 heteroatoms. The van der Waals surface area contributed by atoms with E-state index in [2.05, 4.69) is 287 Å². The summed E-state index contributed by atoms with van der Waals surface area (Å²) in [6.45, 7) is 27.3. The lowest BCUT2D eigenvalue weighted by Gasteiger charge is -2.35. The van der Waals surface area contributed by atoms with Gasteiger partial charge < -0.3 is 9.80 Å². The van der Waals surface area contributed by atoms with Crippen LogP contribution in [0.5, 0.6) is 0 Å². The molecule has 0 saturated heterocycles. The molecule has 1 aliphatic rings. The monoisotopic (exact) mass is 955 g/mol. The van der Waals surface area contributed by atoms with Crippen LogP contribution in [-0.2, 0) is 28.1 Å². The Balaban J connectivity index is 1.09. The van der Waals surface area contributed by atoms with Crippen LogP contribution in [-0.4, -0.2) is 0 Å². The predicted molar refractivity (Wildman–Crippen MR) is 315 cm³/mol. The van der Waals surface area contributed by atoms with Crippen molar-refractivity contribution >= 4 is 44.9 Å². The topological polar surface area (TPSA) is 6.48 Å². The molecular weight excluding hydrogens is 881 g/mol. The summed E-state index contributed by atoms with van der Waals surface area (Å²) in [5.74, 6) is 0. The van der Waals surface area contributed by atoms with Gasteiger partial charge in [-0.05, 0) is 182 Å². The molecular formula is C71H74N2. The van der Waals surface area contributed by atoms with Gasteiger partial charge in [-0.15, -0.1) is 0 Å². The second-order valence-corrected chi connectivity index (χ2v) is 24.0. The van der Waals surface area contributed by atoms with E-state index in [4.69, 9.17) is 0 Å². The minimum Gasteiger partial charge on any atom is -0.310 e. The number of unbranched alkanes of at least 4 members (excludes halogenated alkanes) is 1. The number of nitrogens with zero attached hydrogens (tertiary/aromatic N) is 2. The van der Waals surface area contributed by atoms with E-state index in [1.54, 1.807) is 0 Å². The van der Waals surface area contributed by atoms with Gasteiger partial charge in [0.2, 0.25) is 0 Å². The molecule has 73 heavy (non-hydrogen) atoms. The van der Waals surface area contributed by atoms with Crippen molar-refractivity contribution < 1.29 is 0 Å². The summed E-state index contributed by atoms with van der Waals surface area (Å²) < 4.78 is 0. The molecule has 0 amide bonds. The van der Waals surface area contributed by atoms with Gasteiger partial charge in [-0.3, -0.25) is 0 Å². The van der Waals surface area contributed by atoms with Crippen molar-refractivity contribution in [2.24, 2.45) is 0 Å². The zero-order valence-corrected chi connectivity index (χ0v) is 45.5. The Bertz CT molecular complexity index is 3300. The fourth-order valence-electron chi connectivity index (χ4n) is 11.2. The van der Waals surface area contributed by atoms with Crippen molar-refractivity contribution in [2.45, 2.75) is 124 Å². The Kier molecular flexibility index (Phi) is 12.9. The van der Waals surface area contributed by atoms with E-state index in [0.29, 0.717) is 0 Å². The van der Waals surface area contributed by atoms with Gasteiger partial charge in [0.1, 0.15) is 0 Å². The highest BCUT2D eigenvalue weighted by Crippen LogP contribution is 2.57. The molecule has 0 radical (unpaired) electrons. The van der Waals surface area contributed by atoms with Gasteiger partial charge in [0.15, 0.2) is 0 Å². The molecule has 0 aliphatic heterocycles. The number of benzene rings is 9. The van der Waals surface area contributed by atoms with Crippen molar-refractivity contribution in [3.63, 3.8) is 0 Å².